The van der Waals surface area contributed by atoms with Crippen molar-refractivity contribution in [2.75, 3.05) is 12.4 Å². The Labute approximate surface area is 154 Å². The zero-order valence-electron chi connectivity index (χ0n) is 12.4. The maximum Gasteiger partial charge on any atom is 0.250 e. The zero-order valence-corrected chi connectivity index (χ0v) is 15.4. The summed E-state index contributed by atoms with van der Waals surface area (Å²) in [5.74, 6) is 0.485. The number of benzene rings is 2. The molecule has 0 aromatic heterocycles. The number of hydrogen-bond donors (Lipinski definition) is 2. The van der Waals surface area contributed by atoms with Crippen LogP contribution in [0.25, 0.3) is 6.08 Å². The summed E-state index contributed by atoms with van der Waals surface area (Å²) in [6, 6.07) is 15.1. The van der Waals surface area contributed by atoms with E-state index in [0.29, 0.717) is 0 Å². The summed E-state index contributed by atoms with van der Waals surface area (Å²) in [5.41, 5.74) is 1.73. The molecule has 0 saturated heterocycles. The lowest BCUT2D eigenvalue weighted by molar-refractivity contribution is -0.115. The molecule has 0 heterocycles. The topological polar surface area (TPSA) is 50.4 Å². The van der Waals surface area contributed by atoms with E-state index in [1.165, 1.54) is 6.08 Å². The van der Waals surface area contributed by atoms with Crippen molar-refractivity contribution in [3.63, 3.8) is 0 Å². The van der Waals surface area contributed by atoms with Crippen LogP contribution in [-0.2, 0) is 4.79 Å². The summed E-state index contributed by atoms with van der Waals surface area (Å²) in [7, 11) is 1.61. The van der Waals surface area contributed by atoms with E-state index in [2.05, 4.69) is 33.2 Å². The van der Waals surface area contributed by atoms with Crippen LogP contribution in [0.2, 0.25) is 0 Å². The number of carbonyl (C=O) groups excluding carboxylic acids is 1. The lowest BCUT2D eigenvalue weighted by Crippen LogP contribution is -2.32. The fraction of sp³-hybridized carbons (Fsp3) is 0.0588. The SMILES string of the molecule is COc1ccc(C=CC(=O)NC(=S)Nc2ccc(I)cc2)cc1. The second-order valence-corrected chi connectivity index (χ2v) is 6.21. The van der Waals surface area contributed by atoms with Crippen LogP contribution in [0.15, 0.2) is 54.6 Å². The van der Waals surface area contributed by atoms with Gasteiger partial charge in [-0.15, -0.1) is 0 Å². The number of carbonyl (C=O) groups is 1. The molecule has 0 spiro atoms. The molecule has 2 rings (SSSR count). The van der Waals surface area contributed by atoms with Crippen LogP contribution in [0.3, 0.4) is 0 Å². The highest BCUT2D eigenvalue weighted by molar-refractivity contribution is 14.1. The summed E-state index contributed by atoms with van der Waals surface area (Å²) in [5, 5.41) is 5.82. The molecule has 0 unspecified atom stereocenters. The van der Waals surface area contributed by atoms with E-state index < -0.39 is 0 Å². The number of rotatable bonds is 4. The minimum atomic E-state index is -0.288. The van der Waals surface area contributed by atoms with Crippen LogP contribution in [0.1, 0.15) is 5.56 Å². The third-order valence-corrected chi connectivity index (χ3v) is 3.81. The Morgan fingerprint density at radius 3 is 2.39 bits per heavy atom. The fourth-order valence-corrected chi connectivity index (χ4v) is 2.31. The molecule has 23 heavy (non-hydrogen) atoms. The smallest absolute Gasteiger partial charge is 0.250 e. The van der Waals surface area contributed by atoms with Gasteiger partial charge in [0.25, 0.3) is 0 Å². The average molecular weight is 438 g/mol. The van der Waals surface area contributed by atoms with Crippen LogP contribution < -0.4 is 15.4 Å². The van der Waals surface area contributed by atoms with Crippen LogP contribution in [-0.4, -0.2) is 18.1 Å². The number of nitrogens with one attached hydrogen (secondary N) is 2. The predicted octanol–water partition coefficient (Wildman–Crippen LogP) is 3.83. The molecule has 4 nitrogen and oxygen atoms in total. The largest absolute Gasteiger partial charge is 0.497 e. The molecular weight excluding hydrogens is 423 g/mol. The molecule has 1 amide bonds. The number of hydrogen-bond acceptors (Lipinski definition) is 3. The first kappa shape index (κ1) is 17.4. The molecule has 0 saturated carbocycles. The number of anilines is 1. The molecule has 0 bridgehead atoms. The summed E-state index contributed by atoms with van der Waals surface area (Å²) in [4.78, 5) is 11.8. The second-order valence-electron chi connectivity index (χ2n) is 4.56. The maximum absolute atomic E-state index is 11.8. The van der Waals surface area contributed by atoms with Crippen molar-refractivity contribution in [3.8, 4) is 5.75 Å². The van der Waals surface area contributed by atoms with Gasteiger partial charge in [0.05, 0.1) is 7.11 Å². The van der Waals surface area contributed by atoms with Gasteiger partial charge in [0, 0.05) is 15.3 Å². The Morgan fingerprint density at radius 1 is 1.13 bits per heavy atom. The van der Waals surface area contributed by atoms with Crippen LogP contribution >= 0.6 is 34.8 Å². The molecule has 0 fully saturated rings. The number of ether oxygens (including phenoxy) is 1. The molecule has 118 valence electrons. The van der Waals surface area contributed by atoms with Crippen molar-refractivity contribution >= 4 is 57.6 Å². The Bertz CT molecular complexity index is 712. The molecule has 0 aliphatic heterocycles. The number of thiocarbonyl (C=S) groups is 1. The van der Waals surface area contributed by atoms with Gasteiger partial charge in [-0.25, -0.2) is 0 Å². The number of amides is 1. The van der Waals surface area contributed by atoms with Gasteiger partial charge in [-0.3, -0.25) is 10.1 Å². The first-order valence-corrected chi connectivity index (χ1v) is 8.25. The first-order valence-electron chi connectivity index (χ1n) is 6.76. The molecule has 0 atom stereocenters. The van der Waals surface area contributed by atoms with Gasteiger partial charge in [-0.2, -0.15) is 0 Å². The third-order valence-electron chi connectivity index (χ3n) is 2.88. The van der Waals surface area contributed by atoms with E-state index in [-0.39, 0.29) is 11.0 Å². The van der Waals surface area contributed by atoms with E-state index in [1.54, 1.807) is 13.2 Å². The molecule has 2 aromatic rings. The highest BCUT2D eigenvalue weighted by Gasteiger charge is 2.01. The van der Waals surface area contributed by atoms with Gasteiger partial charge in [0.15, 0.2) is 5.11 Å². The minimum absolute atomic E-state index is 0.260. The van der Waals surface area contributed by atoms with Gasteiger partial charge in [-0.05, 0) is 82.8 Å². The van der Waals surface area contributed by atoms with Crippen LogP contribution in [0.5, 0.6) is 5.75 Å². The third kappa shape index (κ3) is 5.99. The lowest BCUT2D eigenvalue weighted by atomic mass is 10.2. The molecular formula is C17H15IN2O2S. The highest BCUT2D eigenvalue weighted by Crippen LogP contribution is 2.12. The van der Waals surface area contributed by atoms with Gasteiger partial charge in [-0.1, -0.05) is 12.1 Å². The molecule has 0 aliphatic carbocycles. The Kier molecular flexibility index (Phi) is 6.54. The van der Waals surface area contributed by atoms with E-state index >= 15 is 0 Å². The molecule has 2 aromatic carbocycles. The van der Waals surface area contributed by atoms with Crippen molar-refractivity contribution in [1.82, 2.24) is 5.32 Å². The summed E-state index contributed by atoms with van der Waals surface area (Å²) >= 11 is 7.34. The Balaban J connectivity index is 1.86. The molecule has 0 aliphatic rings. The predicted molar refractivity (Wildman–Crippen MR) is 106 cm³/mol. The van der Waals surface area contributed by atoms with Crippen molar-refractivity contribution in [2.24, 2.45) is 0 Å². The van der Waals surface area contributed by atoms with Gasteiger partial charge in [0.1, 0.15) is 5.75 Å². The second kappa shape index (κ2) is 8.64. The number of methoxy groups -OCH3 is 1. The van der Waals surface area contributed by atoms with E-state index in [0.717, 1.165) is 20.6 Å². The molecule has 0 radical (unpaired) electrons. The van der Waals surface area contributed by atoms with Crippen molar-refractivity contribution in [2.45, 2.75) is 0 Å². The van der Waals surface area contributed by atoms with Gasteiger partial charge >= 0.3 is 0 Å². The van der Waals surface area contributed by atoms with Gasteiger partial charge in [0.2, 0.25) is 5.91 Å². The summed E-state index contributed by atoms with van der Waals surface area (Å²) in [6.07, 6.45) is 3.14. The fourth-order valence-electron chi connectivity index (χ4n) is 1.74. The first-order chi connectivity index (χ1) is 11.1. The van der Waals surface area contributed by atoms with E-state index in [9.17, 15) is 4.79 Å². The zero-order chi connectivity index (χ0) is 16.7. The Morgan fingerprint density at radius 2 is 1.78 bits per heavy atom. The van der Waals surface area contributed by atoms with Crippen molar-refractivity contribution in [3.05, 3.63) is 63.7 Å². The lowest BCUT2D eigenvalue weighted by Gasteiger charge is -2.08. The van der Waals surface area contributed by atoms with Crippen LogP contribution in [0.4, 0.5) is 5.69 Å². The maximum atomic E-state index is 11.8. The van der Waals surface area contributed by atoms with E-state index in [4.69, 9.17) is 17.0 Å². The summed E-state index contributed by atoms with van der Waals surface area (Å²) in [6.45, 7) is 0. The quantitative estimate of drug-likeness (QED) is 0.433. The standard InChI is InChI=1S/C17H15IN2O2S/c1-22-15-9-2-12(3-10-15)4-11-16(21)20-17(23)19-14-7-5-13(18)6-8-14/h2-11H,1H3,(H2,19,20,21,23). The number of halogens is 1. The van der Waals surface area contributed by atoms with Gasteiger partial charge < -0.3 is 10.1 Å². The monoisotopic (exact) mass is 438 g/mol. The normalized spacial score (nSPS) is 10.3. The average Bonchev–Trinajstić information content (AvgIpc) is 2.55. The van der Waals surface area contributed by atoms with E-state index in [1.807, 2.05) is 48.5 Å². The van der Waals surface area contributed by atoms with Crippen LogP contribution in [0, 0.1) is 3.57 Å². The summed E-state index contributed by atoms with van der Waals surface area (Å²) < 4.78 is 6.21. The molecule has 6 heteroatoms. The van der Waals surface area contributed by atoms with Crippen molar-refractivity contribution in [1.29, 1.82) is 0 Å². The molecule has 2 N–H and O–H groups in total. The van der Waals surface area contributed by atoms with Crippen molar-refractivity contribution < 1.29 is 9.53 Å². The minimum Gasteiger partial charge on any atom is -0.497 e. The Hall–Kier alpha value is -1.93. The highest BCUT2D eigenvalue weighted by atomic mass is 127.